The van der Waals surface area contributed by atoms with Gasteiger partial charge in [0.15, 0.2) is 5.76 Å². The third kappa shape index (κ3) is 3.99. The predicted octanol–water partition coefficient (Wildman–Crippen LogP) is 1.81. The number of nitrogens with zero attached hydrogens (tertiary/aromatic N) is 1. The number of nitrogens with one attached hydrogen (secondary N) is 1. The number of likely N-dealkylation sites (tertiary alicyclic amines) is 1. The average molecular weight is 304 g/mol. The Morgan fingerprint density at radius 1 is 1.43 bits per heavy atom. The molecule has 0 aliphatic carbocycles. The molecule has 0 aromatic carbocycles. The zero-order chi connectivity index (χ0) is 15.5. The van der Waals surface area contributed by atoms with E-state index in [1.54, 1.807) is 0 Å². The van der Waals surface area contributed by atoms with Gasteiger partial charge in [0.2, 0.25) is 5.91 Å². The van der Waals surface area contributed by atoms with Crippen molar-refractivity contribution >= 4 is 11.8 Å². The monoisotopic (exact) mass is 304 g/mol. The van der Waals surface area contributed by atoms with E-state index in [-0.39, 0.29) is 31.8 Å². The van der Waals surface area contributed by atoms with Gasteiger partial charge in [-0.15, -0.1) is 0 Å². The first kappa shape index (κ1) is 15.4. The second-order valence-corrected chi connectivity index (χ2v) is 4.88. The van der Waals surface area contributed by atoms with Crippen LogP contribution in [-0.2, 0) is 4.79 Å². The number of carbonyl (C=O) groups excluding carboxylic acids is 2. The minimum absolute atomic E-state index is 0.0338. The Labute approximate surface area is 119 Å². The van der Waals surface area contributed by atoms with Gasteiger partial charge in [-0.05, 0) is 25.0 Å². The number of rotatable bonds is 3. The number of alkyl halides is 3. The summed E-state index contributed by atoms with van der Waals surface area (Å²) in [6.07, 6.45) is -2.64. The van der Waals surface area contributed by atoms with Crippen LogP contribution in [0.25, 0.3) is 0 Å². The number of hydrogen-bond donors (Lipinski definition) is 1. The van der Waals surface area contributed by atoms with Crippen molar-refractivity contribution in [1.29, 1.82) is 0 Å². The molecule has 1 atom stereocenters. The van der Waals surface area contributed by atoms with Crippen LogP contribution in [0.2, 0.25) is 0 Å². The molecule has 0 saturated carbocycles. The largest absolute Gasteiger partial charge is 0.459 e. The van der Waals surface area contributed by atoms with Crippen LogP contribution in [0.15, 0.2) is 22.8 Å². The Morgan fingerprint density at radius 2 is 2.19 bits per heavy atom. The van der Waals surface area contributed by atoms with Gasteiger partial charge in [0.05, 0.1) is 18.7 Å². The zero-order valence-corrected chi connectivity index (χ0v) is 11.2. The van der Waals surface area contributed by atoms with E-state index in [0.717, 1.165) is 4.90 Å². The van der Waals surface area contributed by atoms with Gasteiger partial charge >= 0.3 is 6.18 Å². The van der Waals surface area contributed by atoms with Gasteiger partial charge in [0, 0.05) is 13.1 Å². The molecule has 2 heterocycles. The summed E-state index contributed by atoms with van der Waals surface area (Å²) in [4.78, 5) is 24.6. The van der Waals surface area contributed by atoms with Crippen molar-refractivity contribution in [2.75, 3.05) is 19.6 Å². The molecule has 5 nitrogen and oxygen atoms in total. The van der Waals surface area contributed by atoms with Gasteiger partial charge in [-0.25, -0.2) is 0 Å². The molecule has 0 bridgehead atoms. The number of halogens is 3. The molecular formula is C13H15F3N2O3. The van der Waals surface area contributed by atoms with E-state index in [1.807, 2.05) is 0 Å². The van der Waals surface area contributed by atoms with Crippen LogP contribution in [0.1, 0.15) is 23.4 Å². The van der Waals surface area contributed by atoms with Crippen molar-refractivity contribution in [3.8, 4) is 0 Å². The Hall–Kier alpha value is -1.99. The zero-order valence-electron chi connectivity index (χ0n) is 11.2. The quantitative estimate of drug-likeness (QED) is 0.926. The topological polar surface area (TPSA) is 62.6 Å². The molecule has 21 heavy (non-hydrogen) atoms. The summed E-state index contributed by atoms with van der Waals surface area (Å²) in [7, 11) is 0. The van der Waals surface area contributed by atoms with Crippen molar-refractivity contribution in [2.45, 2.75) is 19.0 Å². The minimum Gasteiger partial charge on any atom is -0.459 e. The third-order valence-electron chi connectivity index (χ3n) is 3.38. The lowest BCUT2D eigenvalue weighted by atomic mass is 9.97. The summed E-state index contributed by atoms with van der Waals surface area (Å²) >= 11 is 0. The Kier molecular flexibility index (Phi) is 4.54. The molecule has 2 rings (SSSR count). The molecule has 1 N–H and O–H groups in total. The summed E-state index contributed by atoms with van der Waals surface area (Å²) in [5.41, 5.74) is 0. The first-order valence-electron chi connectivity index (χ1n) is 6.54. The molecule has 0 spiro atoms. The second-order valence-electron chi connectivity index (χ2n) is 4.88. The molecule has 1 aromatic rings. The molecule has 1 saturated heterocycles. The molecular weight excluding hydrogens is 289 g/mol. The Balaban J connectivity index is 1.84. The molecule has 8 heteroatoms. The van der Waals surface area contributed by atoms with E-state index in [0.29, 0.717) is 6.42 Å². The summed E-state index contributed by atoms with van der Waals surface area (Å²) < 4.78 is 42.8. The Morgan fingerprint density at radius 3 is 2.81 bits per heavy atom. The minimum atomic E-state index is -4.30. The molecule has 1 aliphatic heterocycles. The summed E-state index contributed by atoms with van der Waals surface area (Å²) in [6, 6.07) is 2.95. The molecule has 116 valence electrons. The second kappa shape index (κ2) is 6.19. The lowest BCUT2D eigenvalue weighted by molar-refractivity contribution is -0.187. The normalized spacial score (nSPS) is 19.4. The van der Waals surface area contributed by atoms with Crippen LogP contribution < -0.4 is 5.32 Å². The van der Waals surface area contributed by atoms with Crippen molar-refractivity contribution < 1.29 is 27.2 Å². The number of piperidine rings is 1. The van der Waals surface area contributed by atoms with Gasteiger partial charge in [0.1, 0.15) is 0 Å². The fourth-order valence-electron chi connectivity index (χ4n) is 2.23. The Bertz CT molecular complexity index is 499. The van der Waals surface area contributed by atoms with Crippen LogP contribution in [0.4, 0.5) is 13.2 Å². The van der Waals surface area contributed by atoms with E-state index in [9.17, 15) is 22.8 Å². The highest BCUT2D eigenvalue weighted by molar-refractivity contribution is 5.94. The van der Waals surface area contributed by atoms with Crippen LogP contribution in [-0.4, -0.2) is 42.5 Å². The van der Waals surface area contributed by atoms with Crippen LogP contribution in [0.3, 0.4) is 0 Å². The lowest BCUT2D eigenvalue weighted by Crippen LogP contribution is -2.47. The maximum Gasteiger partial charge on any atom is 0.393 e. The summed E-state index contributed by atoms with van der Waals surface area (Å²) in [6.45, 7) is -0.412. The summed E-state index contributed by atoms with van der Waals surface area (Å²) in [5.74, 6) is -2.54. The molecule has 0 radical (unpaired) electrons. The van der Waals surface area contributed by atoms with Crippen molar-refractivity contribution in [3.05, 3.63) is 24.2 Å². The highest BCUT2D eigenvalue weighted by atomic mass is 19.4. The smallest absolute Gasteiger partial charge is 0.393 e. The van der Waals surface area contributed by atoms with Crippen molar-refractivity contribution in [3.63, 3.8) is 0 Å². The fraction of sp³-hybridized carbons (Fsp3) is 0.538. The first-order valence-corrected chi connectivity index (χ1v) is 6.54. The molecule has 1 aromatic heterocycles. The SMILES string of the molecule is O=C(NCC(=O)N1CCC[C@@H](C(F)(F)F)C1)c1ccco1. The van der Waals surface area contributed by atoms with Gasteiger partial charge in [-0.1, -0.05) is 0 Å². The highest BCUT2D eigenvalue weighted by Crippen LogP contribution is 2.32. The van der Waals surface area contributed by atoms with Gasteiger partial charge < -0.3 is 14.6 Å². The van der Waals surface area contributed by atoms with Crippen molar-refractivity contribution in [1.82, 2.24) is 10.2 Å². The van der Waals surface area contributed by atoms with Crippen LogP contribution in [0, 0.1) is 5.92 Å². The molecule has 1 aliphatic rings. The number of furan rings is 1. The first-order chi connectivity index (χ1) is 9.88. The van der Waals surface area contributed by atoms with Gasteiger partial charge in [0.25, 0.3) is 5.91 Å². The maximum absolute atomic E-state index is 12.7. The van der Waals surface area contributed by atoms with E-state index < -0.39 is 23.9 Å². The summed E-state index contributed by atoms with van der Waals surface area (Å²) in [5, 5.41) is 2.33. The number of carbonyl (C=O) groups is 2. The van der Waals surface area contributed by atoms with E-state index >= 15 is 0 Å². The number of hydrogen-bond acceptors (Lipinski definition) is 3. The average Bonchev–Trinajstić information content (AvgIpc) is 2.98. The molecule has 2 amide bonds. The highest BCUT2D eigenvalue weighted by Gasteiger charge is 2.42. The van der Waals surface area contributed by atoms with E-state index in [1.165, 1.54) is 18.4 Å². The molecule has 1 fully saturated rings. The fourth-order valence-corrected chi connectivity index (χ4v) is 2.23. The predicted molar refractivity (Wildman–Crippen MR) is 66.4 cm³/mol. The van der Waals surface area contributed by atoms with Crippen molar-refractivity contribution in [2.24, 2.45) is 5.92 Å². The van der Waals surface area contributed by atoms with E-state index in [4.69, 9.17) is 4.42 Å². The third-order valence-corrected chi connectivity index (χ3v) is 3.38. The maximum atomic E-state index is 12.7. The number of amides is 2. The van der Waals surface area contributed by atoms with E-state index in [2.05, 4.69) is 5.32 Å². The van der Waals surface area contributed by atoms with Crippen LogP contribution in [0.5, 0.6) is 0 Å². The van der Waals surface area contributed by atoms with Crippen LogP contribution >= 0.6 is 0 Å². The molecule has 0 unspecified atom stereocenters. The standard InChI is InChI=1S/C13H15F3N2O3/c14-13(15,16)9-3-1-5-18(8-9)11(19)7-17-12(20)10-4-2-6-21-10/h2,4,6,9H,1,3,5,7-8H2,(H,17,20)/t9-/m1/s1. The lowest BCUT2D eigenvalue weighted by Gasteiger charge is -2.33. The van der Waals surface area contributed by atoms with Gasteiger partial charge in [-0.2, -0.15) is 13.2 Å². The van der Waals surface area contributed by atoms with Gasteiger partial charge in [-0.3, -0.25) is 9.59 Å².